The molecule has 118 valence electrons. The Labute approximate surface area is 132 Å². The molecule has 0 radical (unpaired) electrons. The van der Waals surface area contributed by atoms with E-state index in [0.29, 0.717) is 6.41 Å². The Morgan fingerprint density at radius 3 is 2.82 bits per heavy atom. The lowest BCUT2D eigenvalue weighted by Crippen LogP contribution is -2.37. The van der Waals surface area contributed by atoms with E-state index < -0.39 is 11.4 Å². The van der Waals surface area contributed by atoms with Crippen molar-refractivity contribution in [2.24, 2.45) is 0 Å². The molecule has 0 saturated heterocycles. The highest BCUT2D eigenvalue weighted by Gasteiger charge is 2.27. The number of rotatable bonds is 7. The second kappa shape index (κ2) is 6.89. The van der Waals surface area contributed by atoms with Gasteiger partial charge in [-0.25, -0.2) is 4.39 Å². The lowest BCUT2D eigenvalue weighted by molar-refractivity contribution is -0.122. The van der Waals surface area contributed by atoms with Gasteiger partial charge in [0.2, 0.25) is 6.41 Å². The minimum absolute atomic E-state index is 0.133. The van der Waals surface area contributed by atoms with Crippen LogP contribution in [0.15, 0.2) is 35.7 Å². The van der Waals surface area contributed by atoms with Crippen LogP contribution in [0.25, 0.3) is 0 Å². The summed E-state index contributed by atoms with van der Waals surface area (Å²) in [7, 11) is 1.39. The molecule has 1 atom stereocenters. The van der Waals surface area contributed by atoms with Gasteiger partial charge in [0.05, 0.1) is 13.7 Å². The number of hydrogen-bond donors (Lipinski definition) is 1. The molecule has 0 aliphatic carbocycles. The Kier molecular flexibility index (Phi) is 5.15. The van der Waals surface area contributed by atoms with Crippen LogP contribution in [-0.2, 0) is 16.9 Å². The van der Waals surface area contributed by atoms with Gasteiger partial charge in [-0.3, -0.25) is 4.79 Å². The molecule has 0 spiro atoms. The maximum absolute atomic E-state index is 13.4. The Bertz CT molecular complexity index is 628. The summed E-state index contributed by atoms with van der Waals surface area (Å²) >= 11 is 1.43. The molecular formula is C16H18FNO3S. The summed E-state index contributed by atoms with van der Waals surface area (Å²) in [6, 6.07) is 8.12. The molecule has 6 heteroatoms. The summed E-state index contributed by atoms with van der Waals surface area (Å²) < 4.78 is 18.3. The van der Waals surface area contributed by atoms with Gasteiger partial charge in [-0.2, -0.15) is 0 Å². The van der Waals surface area contributed by atoms with Crippen LogP contribution in [0, 0.1) is 5.82 Å². The van der Waals surface area contributed by atoms with Crippen LogP contribution in [0.5, 0.6) is 5.75 Å². The van der Waals surface area contributed by atoms with Crippen LogP contribution < -0.4 is 4.74 Å². The monoisotopic (exact) mass is 323 g/mol. The number of amides is 1. The molecule has 2 aromatic rings. The lowest BCUT2D eigenvalue weighted by Gasteiger charge is -2.28. The van der Waals surface area contributed by atoms with E-state index in [9.17, 15) is 14.3 Å². The fraction of sp³-hybridized carbons (Fsp3) is 0.312. The van der Waals surface area contributed by atoms with Gasteiger partial charge >= 0.3 is 0 Å². The first-order valence-corrected chi connectivity index (χ1v) is 7.62. The highest BCUT2D eigenvalue weighted by atomic mass is 32.1. The fourth-order valence-corrected chi connectivity index (χ4v) is 3.01. The fourth-order valence-electron chi connectivity index (χ4n) is 2.23. The van der Waals surface area contributed by atoms with Crippen molar-refractivity contribution < 1.29 is 19.0 Å². The van der Waals surface area contributed by atoms with Crippen LogP contribution in [0.1, 0.15) is 17.4 Å². The van der Waals surface area contributed by atoms with Crippen LogP contribution in [0.4, 0.5) is 4.39 Å². The van der Waals surface area contributed by atoms with Crippen molar-refractivity contribution in [2.75, 3.05) is 13.7 Å². The first-order chi connectivity index (χ1) is 10.5. The molecule has 0 aliphatic rings. The van der Waals surface area contributed by atoms with Crippen LogP contribution >= 0.6 is 11.3 Å². The van der Waals surface area contributed by atoms with Gasteiger partial charge in [-0.15, -0.1) is 11.3 Å². The third-order valence-electron chi connectivity index (χ3n) is 3.31. The van der Waals surface area contributed by atoms with Gasteiger partial charge in [0, 0.05) is 11.4 Å². The average Bonchev–Trinajstić information content (AvgIpc) is 3.03. The Hall–Kier alpha value is -1.92. The predicted molar refractivity (Wildman–Crippen MR) is 83.3 cm³/mol. The number of thiophene rings is 1. The van der Waals surface area contributed by atoms with Crippen LogP contribution in [-0.4, -0.2) is 30.1 Å². The smallest absolute Gasteiger partial charge is 0.210 e. The number of aliphatic hydroxyl groups is 1. The predicted octanol–water partition coefficient (Wildman–Crippen LogP) is 2.76. The molecular weight excluding hydrogens is 305 g/mol. The van der Waals surface area contributed by atoms with Crippen molar-refractivity contribution in [3.05, 3.63) is 52.0 Å². The standard InChI is InChI=1S/C16H18FNO3S/c1-16(20,15-4-3-7-22-15)10-18(11-19)9-12-5-6-13(17)14(8-12)21-2/h3-8,11,20H,9-10H2,1-2H3. The quantitative estimate of drug-likeness (QED) is 0.797. The van der Waals surface area contributed by atoms with Gasteiger partial charge in [-0.05, 0) is 36.1 Å². The summed E-state index contributed by atoms with van der Waals surface area (Å²) in [5.41, 5.74) is -0.397. The zero-order chi connectivity index (χ0) is 16.2. The number of hydrogen-bond acceptors (Lipinski definition) is 4. The maximum Gasteiger partial charge on any atom is 0.210 e. The van der Waals surface area contributed by atoms with Crippen molar-refractivity contribution >= 4 is 17.7 Å². The number of halogens is 1. The SMILES string of the molecule is COc1cc(CN(C=O)CC(C)(O)c2cccs2)ccc1F. The largest absolute Gasteiger partial charge is 0.494 e. The summed E-state index contributed by atoms with van der Waals surface area (Å²) in [4.78, 5) is 13.5. The van der Waals surface area contributed by atoms with E-state index in [1.807, 2.05) is 17.5 Å². The lowest BCUT2D eigenvalue weighted by atomic mass is 10.0. The molecule has 0 fully saturated rings. The first-order valence-electron chi connectivity index (χ1n) is 6.74. The minimum atomic E-state index is -1.13. The molecule has 0 aliphatic heterocycles. The normalized spacial score (nSPS) is 13.5. The van der Waals surface area contributed by atoms with Crippen molar-refractivity contribution in [1.29, 1.82) is 0 Å². The number of nitrogens with zero attached hydrogens (tertiary/aromatic N) is 1. The number of methoxy groups -OCH3 is 1. The molecule has 2 rings (SSSR count). The van der Waals surface area contributed by atoms with E-state index in [2.05, 4.69) is 0 Å². The van der Waals surface area contributed by atoms with E-state index in [1.165, 1.54) is 29.4 Å². The summed E-state index contributed by atoms with van der Waals surface area (Å²) in [6.07, 6.45) is 0.678. The highest BCUT2D eigenvalue weighted by Crippen LogP contribution is 2.27. The molecule has 4 nitrogen and oxygen atoms in total. The molecule has 22 heavy (non-hydrogen) atoms. The summed E-state index contributed by atoms with van der Waals surface area (Å²) in [5.74, 6) is -0.317. The Balaban J connectivity index is 2.11. The summed E-state index contributed by atoms with van der Waals surface area (Å²) in [6.45, 7) is 2.08. The molecule has 1 heterocycles. The zero-order valence-corrected chi connectivity index (χ0v) is 13.3. The average molecular weight is 323 g/mol. The van der Waals surface area contributed by atoms with Gasteiger partial charge in [0.1, 0.15) is 5.60 Å². The topological polar surface area (TPSA) is 49.8 Å². The first kappa shape index (κ1) is 16.5. The molecule has 1 aromatic heterocycles. The van der Waals surface area contributed by atoms with Gasteiger partial charge in [-0.1, -0.05) is 12.1 Å². The van der Waals surface area contributed by atoms with Crippen molar-refractivity contribution in [1.82, 2.24) is 4.90 Å². The van der Waals surface area contributed by atoms with Crippen LogP contribution in [0.3, 0.4) is 0 Å². The minimum Gasteiger partial charge on any atom is -0.494 e. The van der Waals surface area contributed by atoms with E-state index in [-0.39, 0.29) is 18.8 Å². The van der Waals surface area contributed by atoms with E-state index in [0.717, 1.165) is 10.4 Å². The van der Waals surface area contributed by atoms with Crippen LogP contribution in [0.2, 0.25) is 0 Å². The zero-order valence-electron chi connectivity index (χ0n) is 12.5. The van der Waals surface area contributed by atoms with Crippen molar-refractivity contribution in [3.8, 4) is 5.75 Å². The molecule has 1 unspecified atom stereocenters. The highest BCUT2D eigenvalue weighted by molar-refractivity contribution is 7.10. The number of carbonyl (C=O) groups excluding carboxylic acids is 1. The molecule has 0 bridgehead atoms. The van der Waals surface area contributed by atoms with Gasteiger partial charge in [0.15, 0.2) is 11.6 Å². The number of benzene rings is 1. The third kappa shape index (κ3) is 3.84. The molecule has 0 saturated carbocycles. The summed E-state index contributed by atoms with van der Waals surface area (Å²) in [5, 5.41) is 12.4. The second-order valence-corrected chi connectivity index (χ2v) is 6.18. The number of carbonyl (C=O) groups is 1. The Morgan fingerprint density at radius 2 is 2.23 bits per heavy atom. The molecule has 1 N–H and O–H groups in total. The van der Waals surface area contributed by atoms with E-state index in [1.54, 1.807) is 19.1 Å². The van der Waals surface area contributed by atoms with E-state index in [4.69, 9.17) is 4.74 Å². The van der Waals surface area contributed by atoms with E-state index >= 15 is 0 Å². The third-order valence-corrected chi connectivity index (χ3v) is 4.44. The van der Waals surface area contributed by atoms with Crippen molar-refractivity contribution in [3.63, 3.8) is 0 Å². The Morgan fingerprint density at radius 1 is 1.45 bits per heavy atom. The molecule has 1 amide bonds. The second-order valence-electron chi connectivity index (χ2n) is 5.23. The van der Waals surface area contributed by atoms with Crippen molar-refractivity contribution in [2.45, 2.75) is 19.1 Å². The van der Waals surface area contributed by atoms with Gasteiger partial charge < -0.3 is 14.7 Å². The van der Waals surface area contributed by atoms with Gasteiger partial charge in [0.25, 0.3) is 0 Å². The number of ether oxygens (including phenoxy) is 1. The molecule has 1 aromatic carbocycles. The maximum atomic E-state index is 13.4.